The Morgan fingerprint density at radius 1 is 1.02 bits per heavy atom. The van der Waals surface area contributed by atoms with Crippen molar-refractivity contribution in [2.45, 2.75) is 54.6 Å². The van der Waals surface area contributed by atoms with Gasteiger partial charge in [-0.3, -0.25) is 14.7 Å². The summed E-state index contributed by atoms with van der Waals surface area (Å²) in [6.45, 7) is 3.04. The number of likely N-dealkylation sites (tertiary alicyclic amines) is 1. The lowest BCUT2D eigenvalue weighted by Gasteiger charge is -2.36. The topological polar surface area (TPSA) is 70.8 Å². The Morgan fingerprint density at radius 3 is 2.51 bits per heavy atom. The SMILES string of the molecule is O=C(NC1CCN(Cc2ccccn2)C(I)C1)c1cc2ccc(OC3CCN(c4ccc(C(F)(F)F)cc4)CC3)cc2o1. The first-order chi connectivity index (χ1) is 20.7. The summed E-state index contributed by atoms with van der Waals surface area (Å²) >= 11 is 2.44. The number of rotatable bonds is 7. The van der Waals surface area contributed by atoms with Gasteiger partial charge in [0.25, 0.3) is 5.91 Å². The number of ether oxygens (including phenoxy) is 1. The van der Waals surface area contributed by atoms with Gasteiger partial charge >= 0.3 is 6.18 Å². The zero-order chi connectivity index (χ0) is 30.0. The average Bonchev–Trinajstić information content (AvgIpc) is 3.43. The molecular formula is C32H32F3IN4O3. The number of nitrogens with zero attached hydrogens (tertiary/aromatic N) is 3. The van der Waals surface area contributed by atoms with E-state index in [0.717, 1.165) is 67.7 Å². The molecular weight excluding hydrogens is 672 g/mol. The fourth-order valence-corrected chi connectivity index (χ4v) is 6.80. The number of hydrogen-bond donors (Lipinski definition) is 1. The Labute approximate surface area is 261 Å². The highest BCUT2D eigenvalue weighted by atomic mass is 127. The summed E-state index contributed by atoms with van der Waals surface area (Å²) in [5, 5.41) is 3.97. The number of benzene rings is 2. The molecule has 226 valence electrons. The quantitative estimate of drug-likeness (QED) is 0.126. The number of nitrogens with one attached hydrogen (secondary N) is 1. The second-order valence-electron chi connectivity index (χ2n) is 11.1. The van der Waals surface area contributed by atoms with Gasteiger partial charge in [-0.2, -0.15) is 13.2 Å². The van der Waals surface area contributed by atoms with Crippen molar-refractivity contribution in [3.63, 3.8) is 0 Å². The van der Waals surface area contributed by atoms with Gasteiger partial charge in [-0.05, 0) is 67.4 Å². The van der Waals surface area contributed by atoms with E-state index in [1.807, 2.05) is 42.6 Å². The first-order valence-corrected chi connectivity index (χ1v) is 15.7. The number of piperidine rings is 2. The van der Waals surface area contributed by atoms with Crippen LogP contribution in [0.25, 0.3) is 11.0 Å². The van der Waals surface area contributed by atoms with Crippen LogP contribution in [0.2, 0.25) is 0 Å². The van der Waals surface area contributed by atoms with E-state index in [9.17, 15) is 18.0 Å². The average molecular weight is 705 g/mol. The van der Waals surface area contributed by atoms with Crippen LogP contribution in [0.1, 0.15) is 47.5 Å². The summed E-state index contributed by atoms with van der Waals surface area (Å²) in [7, 11) is 0. The predicted octanol–water partition coefficient (Wildman–Crippen LogP) is 7.05. The summed E-state index contributed by atoms with van der Waals surface area (Å²) in [5.41, 5.74) is 1.76. The van der Waals surface area contributed by atoms with Gasteiger partial charge in [0, 0.05) is 68.4 Å². The highest BCUT2D eigenvalue weighted by Gasteiger charge is 2.31. The van der Waals surface area contributed by atoms with Gasteiger partial charge in [-0.15, -0.1) is 0 Å². The number of carbonyl (C=O) groups is 1. The lowest BCUT2D eigenvalue weighted by atomic mass is 10.0. The van der Waals surface area contributed by atoms with Crippen LogP contribution < -0.4 is 15.0 Å². The van der Waals surface area contributed by atoms with E-state index in [-0.39, 0.29) is 27.9 Å². The van der Waals surface area contributed by atoms with Crippen molar-refractivity contribution in [2.75, 3.05) is 24.5 Å². The van der Waals surface area contributed by atoms with Gasteiger partial charge in [0.2, 0.25) is 0 Å². The van der Waals surface area contributed by atoms with E-state index >= 15 is 0 Å². The largest absolute Gasteiger partial charge is 0.490 e. The lowest BCUT2D eigenvalue weighted by Crippen LogP contribution is -2.47. The normalized spacial score (nSPS) is 20.3. The molecule has 0 aliphatic carbocycles. The standard InChI is InChI=1S/C32H32F3IN4O3/c33-32(34,35)22-5-7-25(8-6-22)39-15-11-26(12-16-39)42-27-9-4-21-17-29(43-28(21)19-27)31(41)38-23-10-14-40(30(36)18-23)20-24-3-1-2-13-37-24/h1-9,13,17,19,23,26,30H,10-12,14-16,18,20H2,(H,38,41). The molecule has 43 heavy (non-hydrogen) atoms. The van der Waals surface area contributed by atoms with Crippen LogP contribution in [-0.2, 0) is 12.7 Å². The van der Waals surface area contributed by atoms with Crippen LogP contribution in [0.3, 0.4) is 0 Å². The Balaban J connectivity index is 1.00. The molecule has 0 bridgehead atoms. The number of hydrogen-bond acceptors (Lipinski definition) is 6. The van der Waals surface area contributed by atoms with E-state index in [2.05, 4.69) is 42.7 Å². The molecule has 1 amide bonds. The number of pyridine rings is 1. The maximum atomic E-state index is 13.1. The molecule has 0 saturated carbocycles. The Morgan fingerprint density at radius 2 is 1.81 bits per heavy atom. The highest BCUT2D eigenvalue weighted by Crippen LogP contribution is 2.32. The van der Waals surface area contributed by atoms with E-state index in [1.54, 1.807) is 6.07 Å². The van der Waals surface area contributed by atoms with Crippen molar-refractivity contribution < 1.29 is 27.1 Å². The van der Waals surface area contributed by atoms with Crippen LogP contribution >= 0.6 is 22.6 Å². The van der Waals surface area contributed by atoms with Gasteiger partial charge in [-0.25, -0.2) is 0 Å². The Hall–Kier alpha value is -3.32. The Kier molecular flexibility index (Phi) is 8.80. The molecule has 6 rings (SSSR count). The predicted molar refractivity (Wildman–Crippen MR) is 166 cm³/mol. The fourth-order valence-electron chi connectivity index (χ4n) is 5.71. The van der Waals surface area contributed by atoms with Gasteiger partial charge < -0.3 is 19.4 Å². The number of carbonyl (C=O) groups excluding carboxylic acids is 1. The van der Waals surface area contributed by atoms with Gasteiger partial charge in [0.1, 0.15) is 17.4 Å². The van der Waals surface area contributed by atoms with Crippen LogP contribution in [0, 0.1) is 0 Å². The monoisotopic (exact) mass is 704 g/mol. The summed E-state index contributed by atoms with van der Waals surface area (Å²) < 4.78 is 51.1. The van der Waals surface area contributed by atoms with Crippen LogP contribution in [0.5, 0.6) is 5.75 Å². The Bertz CT molecular complexity index is 1540. The van der Waals surface area contributed by atoms with Crippen molar-refractivity contribution in [1.82, 2.24) is 15.2 Å². The van der Waals surface area contributed by atoms with Crippen LogP contribution in [0.4, 0.5) is 18.9 Å². The number of anilines is 1. The first kappa shape index (κ1) is 29.7. The number of aromatic nitrogens is 1. The second-order valence-corrected chi connectivity index (χ2v) is 12.5. The van der Waals surface area contributed by atoms with E-state index in [0.29, 0.717) is 24.4 Å². The van der Waals surface area contributed by atoms with Crippen LogP contribution in [0.15, 0.2) is 77.3 Å². The summed E-state index contributed by atoms with van der Waals surface area (Å²) in [6, 6.07) is 18.6. The van der Waals surface area contributed by atoms with Gasteiger partial charge in [-0.1, -0.05) is 28.7 Å². The summed E-state index contributed by atoms with van der Waals surface area (Å²) in [5.74, 6) is 0.717. The summed E-state index contributed by atoms with van der Waals surface area (Å²) in [4.78, 5) is 21.9. The molecule has 2 atom stereocenters. The number of alkyl halides is 4. The molecule has 7 nitrogen and oxygen atoms in total. The lowest BCUT2D eigenvalue weighted by molar-refractivity contribution is -0.137. The molecule has 2 aromatic carbocycles. The van der Waals surface area contributed by atoms with Gasteiger partial charge in [0.05, 0.1) is 15.3 Å². The molecule has 2 fully saturated rings. The van der Waals surface area contributed by atoms with Crippen LogP contribution in [-0.4, -0.2) is 51.6 Å². The molecule has 0 radical (unpaired) electrons. The van der Waals surface area contributed by atoms with Gasteiger partial charge in [0.15, 0.2) is 5.76 Å². The van der Waals surface area contributed by atoms with Crippen molar-refractivity contribution in [1.29, 1.82) is 0 Å². The third-order valence-electron chi connectivity index (χ3n) is 8.09. The molecule has 1 N–H and O–H groups in total. The molecule has 0 spiro atoms. The van der Waals surface area contributed by atoms with Crippen molar-refractivity contribution in [3.05, 3.63) is 89.9 Å². The number of furan rings is 1. The molecule has 2 aromatic heterocycles. The molecule has 4 heterocycles. The summed E-state index contributed by atoms with van der Waals surface area (Å²) in [6.07, 6.45) is 0.628. The third-order valence-corrected chi connectivity index (χ3v) is 9.38. The first-order valence-electron chi connectivity index (χ1n) is 14.4. The fraction of sp³-hybridized carbons (Fsp3) is 0.375. The van der Waals surface area contributed by atoms with Crippen molar-refractivity contribution in [3.8, 4) is 5.75 Å². The molecule has 2 aliphatic rings. The van der Waals surface area contributed by atoms with Crippen molar-refractivity contribution >= 4 is 45.2 Å². The third kappa shape index (κ3) is 7.26. The minimum atomic E-state index is -4.34. The van der Waals surface area contributed by atoms with E-state index < -0.39 is 11.7 Å². The maximum absolute atomic E-state index is 13.1. The molecule has 2 saturated heterocycles. The molecule has 2 unspecified atom stereocenters. The van der Waals surface area contributed by atoms with Crippen molar-refractivity contribution in [2.24, 2.45) is 0 Å². The number of amides is 1. The molecule has 11 heteroatoms. The minimum Gasteiger partial charge on any atom is -0.490 e. The minimum absolute atomic E-state index is 0.0226. The molecule has 2 aliphatic heterocycles. The maximum Gasteiger partial charge on any atom is 0.416 e. The zero-order valence-corrected chi connectivity index (χ0v) is 25.6. The van der Waals surface area contributed by atoms with E-state index in [4.69, 9.17) is 9.15 Å². The molecule has 4 aromatic rings. The second kappa shape index (κ2) is 12.7. The zero-order valence-electron chi connectivity index (χ0n) is 23.4. The number of halogens is 4. The highest BCUT2D eigenvalue weighted by molar-refractivity contribution is 14.1. The smallest absolute Gasteiger partial charge is 0.416 e. The van der Waals surface area contributed by atoms with E-state index in [1.165, 1.54) is 12.1 Å². The number of fused-ring (bicyclic) bond motifs is 1.